The molecule has 0 atom stereocenters. The van der Waals surface area contributed by atoms with Gasteiger partial charge in [0.05, 0.1) is 6.20 Å². The van der Waals surface area contributed by atoms with Crippen molar-refractivity contribution in [2.24, 2.45) is 0 Å². The summed E-state index contributed by atoms with van der Waals surface area (Å²) >= 11 is 0. The fraction of sp³-hybridized carbons (Fsp3) is 0.118. The Kier molecular flexibility index (Phi) is 4.42. The maximum absolute atomic E-state index is 13.2. The van der Waals surface area contributed by atoms with E-state index in [9.17, 15) is 4.39 Å². The third-order valence-electron chi connectivity index (χ3n) is 3.36. The van der Waals surface area contributed by atoms with Crippen molar-refractivity contribution in [3.05, 3.63) is 71.7 Å². The van der Waals surface area contributed by atoms with E-state index in [4.69, 9.17) is 0 Å². The molecule has 0 unspecified atom stereocenters. The van der Waals surface area contributed by atoms with E-state index in [-0.39, 0.29) is 5.82 Å². The Morgan fingerprint density at radius 2 is 1.96 bits per heavy atom. The summed E-state index contributed by atoms with van der Waals surface area (Å²) in [6.07, 6.45) is 1.55. The second-order valence-electron chi connectivity index (χ2n) is 5.08. The van der Waals surface area contributed by atoms with E-state index in [0.29, 0.717) is 24.0 Å². The summed E-state index contributed by atoms with van der Waals surface area (Å²) in [5.41, 5.74) is 2.97. The Labute approximate surface area is 133 Å². The minimum absolute atomic E-state index is 0.311. The summed E-state index contributed by atoms with van der Waals surface area (Å²) in [6, 6.07) is 14.2. The standard InChI is InChI=1S/C17H16FN5/c1-12-5-2-3-6-13(12)10-19-16-11-20-23-17(22-16)21-15-8-4-7-14(18)9-15/h2-9,11H,10H2,1H3,(H2,19,21,22,23). The van der Waals surface area contributed by atoms with Gasteiger partial charge in [-0.15, -0.1) is 5.10 Å². The molecule has 0 radical (unpaired) electrons. The van der Waals surface area contributed by atoms with Gasteiger partial charge in [0.1, 0.15) is 5.82 Å². The lowest BCUT2D eigenvalue weighted by atomic mass is 10.1. The van der Waals surface area contributed by atoms with Gasteiger partial charge in [-0.1, -0.05) is 30.3 Å². The van der Waals surface area contributed by atoms with Gasteiger partial charge in [0.15, 0.2) is 5.82 Å². The monoisotopic (exact) mass is 309 g/mol. The van der Waals surface area contributed by atoms with Crippen LogP contribution in [0.2, 0.25) is 0 Å². The van der Waals surface area contributed by atoms with Crippen LogP contribution in [0.25, 0.3) is 0 Å². The molecule has 0 saturated heterocycles. The van der Waals surface area contributed by atoms with Crippen molar-refractivity contribution in [1.82, 2.24) is 15.2 Å². The number of hydrogen-bond donors (Lipinski definition) is 2. The number of halogens is 1. The molecular formula is C17H16FN5. The van der Waals surface area contributed by atoms with E-state index in [1.807, 2.05) is 12.1 Å². The van der Waals surface area contributed by atoms with Crippen LogP contribution in [-0.2, 0) is 6.54 Å². The third-order valence-corrected chi connectivity index (χ3v) is 3.36. The molecule has 1 aromatic heterocycles. The van der Waals surface area contributed by atoms with Crippen molar-refractivity contribution in [2.45, 2.75) is 13.5 Å². The van der Waals surface area contributed by atoms with Gasteiger partial charge >= 0.3 is 0 Å². The van der Waals surface area contributed by atoms with Gasteiger partial charge < -0.3 is 10.6 Å². The second-order valence-corrected chi connectivity index (χ2v) is 5.08. The van der Waals surface area contributed by atoms with E-state index < -0.39 is 0 Å². The Bertz CT molecular complexity index is 806. The van der Waals surface area contributed by atoms with Crippen LogP contribution in [0.3, 0.4) is 0 Å². The molecule has 5 nitrogen and oxygen atoms in total. The van der Waals surface area contributed by atoms with Crippen LogP contribution in [-0.4, -0.2) is 15.2 Å². The minimum atomic E-state index is -0.322. The van der Waals surface area contributed by atoms with Crippen LogP contribution in [0, 0.1) is 12.7 Å². The largest absolute Gasteiger partial charge is 0.365 e. The molecule has 0 fully saturated rings. The molecule has 3 aromatic rings. The van der Waals surface area contributed by atoms with Crippen LogP contribution in [0.5, 0.6) is 0 Å². The molecule has 2 N–H and O–H groups in total. The zero-order valence-corrected chi connectivity index (χ0v) is 12.6. The lowest BCUT2D eigenvalue weighted by molar-refractivity contribution is 0.628. The molecule has 0 spiro atoms. The van der Waals surface area contributed by atoms with Gasteiger partial charge in [0, 0.05) is 12.2 Å². The van der Waals surface area contributed by atoms with Crippen LogP contribution in [0.4, 0.5) is 21.8 Å². The Morgan fingerprint density at radius 1 is 1.09 bits per heavy atom. The number of hydrogen-bond acceptors (Lipinski definition) is 5. The smallest absolute Gasteiger partial charge is 0.249 e. The normalized spacial score (nSPS) is 10.3. The average molecular weight is 309 g/mol. The highest BCUT2D eigenvalue weighted by Crippen LogP contribution is 2.15. The zero-order valence-electron chi connectivity index (χ0n) is 12.6. The van der Waals surface area contributed by atoms with Gasteiger partial charge in [-0.05, 0) is 36.2 Å². The van der Waals surface area contributed by atoms with Crippen molar-refractivity contribution < 1.29 is 4.39 Å². The number of nitrogens with zero attached hydrogens (tertiary/aromatic N) is 3. The van der Waals surface area contributed by atoms with E-state index in [1.54, 1.807) is 18.3 Å². The number of anilines is 3. The van der Waals surface area contributed by atoms with Gasteiger partial charge in [0.25, 0.3) is 0 Å². The lowest BCUT2D eigenvalue weighted by Crippen LogP contribution is -2.06. The maximum atomic E-state index is 13.2. The first-order valence-electron chi connectivity index (χ1n) is 7.21. The minimum Gasteiger partial charge on any atom is -0.365 e. The second kappa shape index (κ2) is 6.83. The number of rotatable bonds is 5. The first kappa shape index (κ1) is 14.9. The predicted molar refractivity (Wildman–Crippen MR) is 88.0 cm³/mol. The molecule has 23 heavy (non-hydrogen) atoms. The molecule has 1 heterocycles. The predicted octanol–water partition coefficient (Wildman–Crippen LogP) is 3.67. The van der Waals surface area contributed by atoms with Crippen molar-refractivity contribution >= 4 is 17.5 Å². The summed E-state index contributed by atoms with van der Waals surface area (Å²) in [5.74, 6) is 0.587. The van der Waals surface area contributed by atoms with Gasteiger partial charge in [-0.2, -0.15) is 10.1 Å². The highest BCUT2D eigenvalue weighted by atomic mass is 19.1. The Balaban J connectivity index is 1.69. The number of benzene rings is 2. The van der Waals surface area contributed by atoms with Crippen LogP contribution in [0.1, 0.15) is 11.1 Å². The van der Waals surface area contributed by atoms with Gasteiger partial charge in [-0.3, -0.25) is 0 Å². The molecule has 0 aliphatic carbocycles. The highest BCUT2D eigenvalue weighted by Gasteiger charge is 2.03. The van der Waals surface area contributed by atoms with Crippen molar-refractivity contribution in [2.75, 3.05) is 10.6 Å². The number of aromatic nitrogens is 3. The summed E-state index contributed by atoms with van der Waals surface area (Å²) in [4.78, 5) is 4.32. The van der Waals surface area contributed by atoms with Crippen molar-refractivity contribution in [3.8, 4) is 0 Å². The van der Waals surface area contributed by atoms with Crippen LogP contribution in [0.15, 0.2) is 54.7 Å². The van der Waals surface area contributed by atoms with E-state index in [2.05, 4.69) is 44.9 Å². The van der Waals surface area contributed by atoms with Gasteiger partial charge in [0.2, 0.25) is 5.95 Å². The van der Waals surface area contributed by atoms with E-state index in [1.165, 1.54) is 23.3 Å². The van der Waals surface area contributed by atoms with Crippen LogP contribution < -0.4 is 10.6 Å². The summed E-state index contributed by atoms with van der Waals surface area (Å²) < 4.78 is 13.2. The van der Waals surface area contributed by atoms with Crippen molar-refractivity contribution in [1.29, 1.82) is 0 Å². The quantitative estimate of drug-likeness (QED) is 0.753. The fourth-order valence-electron chi connectivity index (χ4n) is 2.13. The maximum Gasteiger partial charge on any atom is 0.249 e. The molecule has 116 valence electrons. The fourth-order valence-corrected chi connectivity index (χ4v) is 2.13. The summed E-state index contributed by atoms with van der Waals surface area (Å²) in [6.45, 7) is 2.71. The average Bonchev–Trinajstić information content (AvgIpc) is 2.54. The molecule has 0 bridgehead atoms. The molecule has 0 aliphatic heterocycles. The lowest BCUT2D eigenvalue weighted by Gasteiger charge is -2.09. The Hall–Kier alpha value is -3.02. The molecule has 0 saturated carbocycles. The van der Waals surface area contributed by atoms with Crippen LogP contribution >= 0.6 is 0 Å². The first-order chi connectivity index (χ1) is 11.2. The zero-order chi connectivity index (χ0) is 16.1. The molecule has 0 amide bonds. The van der Waals surface area contributed by atoms with Gasteiger partial charge in [-0.25, -0.2) is 4.39 Å². The number of nitrogens with one attached hydrogen (secondary N) is 2. The SMILES string of the molecule is Cc1ccccc1CNc1cnnc(Nc2cccc(F)c2)n1. The highest BCUT2D eigenvalue weighted by molar-refractivity contribution is 5.53. The molecule has 0 aliphatic rings. The first-order valence-corrected chi connectivity index (χ1v) is 7.21. The topological polar surface area (TPSA) is 62.7 Å². The Morgan fingerprint density at radius 3 is 2.78 bits per heavy atom. The molecule has 3 rings (SSSR count). The van der Waals surface area contributed by atoms with E-state index in [0.717, 1.165) is 0 Å². The van der Waals surface area contributed by atoms with Crippen molar-refractivity contribution in [3.63, 3.8) is 0 Å². The molecular weight excluding hydrogens is 293 g/mol. The molecule has 6 heteroatoms. The number of aryl methyl sites for hydroxylation is 1. The third kappa shape index (κ3) is 4.00. The molecule has 2 aromatic carbocycles. The summed E-state index contributed by atoms with van der Waals surface area (Å²) in [7, 11) is 0. The van der Waals surface area contributed by atoms with E-state index >= 15 is 0 Å². The summed E-state index contributed by atoms with van der Waals surface area (Å²) in [5, 5.41) is 14.0.